The zero-order chi connectivity index (χ0) is 35.7. The zero-order valence-corrected chi connectivity index (χ0v) is 31.2. The number of aryl methyl sites for hydroxylation is 1. The van der Waals surface area contributed by atoms with Gasteiger partial charge in [-0.25, -0.2) is 0 Å². The van der Waals surface area contributed by atoms with E-state index in [4.69, 9.17) is 4.42 Å². The standard InChI is InChI=1S/C48H44BN2O/c1-28-25-33(42-40(26-28)51-39-17-10-9-14-35(39)48(6,7)36-15-12-16-38(49-42)44(36)51)31-20-21-32-30-13-8-11-18-41(30)52-45(32)43(31)50-29-19-22-34-37(27-29)47(4,5)24-23-46(34,2)3/h8-22,25-27,50H,23-24H2,1-7H3. The molecule has 7 aromatic rings. The Balaban J connectivity index is 1.22. The highest BCUT2D eigenvalue weighted by Crippen LogP contribution is 2.53. The van der Waals surface area contributed by atoms with Crippen LogP contribution in [0.2, 0.25) is 0 Å². The van der Waals surface area contributed by atoms with Crippen molar-refractivity contribution in [3.63, 3.8) is 0 Å². The van der Waals surface area contributed by atoms with Crippen LogP contribution in [0.1, 0.15) is 82.2 Å². The first-order valence-corrected chi connectivity index (χ1v) is 18.8. The van der Waals surface area contributed by atoms with Gasteiger partial charge in [0.2, 0.25) is 0 Å². The summed E-state index contributed by atoms with van der Waals surface area (Å²) >= 11 is 0. The van der Waals surface area contributed by atoms with Crippen LogP contribution in [0.25, 0.3) is 33.1 Å². The van der Waals surface area contributed by atoms with E-state index in [1.54, 1.807) is 0 Å². The van der Waals surface area contributed by atoms with E-state index < -0.39 is 0 Å². The minimum atomic E-state index is -0.113. The Bertz CT molecular complexity index is 2640. The minimum absolute atomic E-state index is 0.104. The molecule has 0 amide bonds. The van der Waals surface area contributed by atoms with Crippen molar-refractivity contribution in [2.75, 3.05) is 10.2 Å². The van der Waals surface area contributed by atoms with Crippen molar-refractivity contribution in [2.24, 2.45) is 0 Å². The molecule has 0 bridgehead atoms. The lowest BCUT2D eigenvalue weighted by Crippen LogP contribution is -2.45. The van der Waals surface area contributed by atoms with Gasteiger partial charge in [-0.3, -0.25) is 0 Å². The lowest BCUT2D eigenvalue weighted by molar-refractivity contribution is 0.332. The molecule has 1 radical (unpaired) electrons. The normalized spacial score (nSPS) is 17.2. The minimum Gasteiger partial charge on any atom is -0.454 e. The summed E-state index contributed by atoms with van der Waals surface area (Å²) in [5.74, 6) is 0. The zero-order valence-electron chi connectivity index (χ0n) is 31.2. The molecule has 255 valence electrons. The number of hydrogen-bond donors (Lipinski definition) is 1. The molecule has 52 heavy (non-hydrogen) atoms. The molecule has 3 aliphatic rings. The Labute approximate surface area is 307 Å². The van der Waals surface area contributed by atoms with Gasteiger partial charge >= 0.3 is 0 Å². The number of fused-ring (bicyclic) bond motifs is 8. The predicted octanol–water partition coefficient (Wildman–Crippen LogP) is 11.7. The van der Waals surface area contributed by atoms with Gasteiger partial charge in [0.05, 0.1) is 11.4 Å². The van der Waals surface area contributed by atoms with E-state index in [9.17, 15) is 0 Å². The molecule has 3 heterocycles. The molecule has 1 aromatic heterocycles. The smallest absolute Gasteiger partial charge is 0.197 e. The Morgan fingerprint density at radius 1 is 0.635 bits per heavy atom. The summed E-state index contributed by atoms with van der Waals surface area (Å²) in [5.41, 5.74) is 19.4. The number of para-hydroxylation sites is 3. The SMILES string of the molecule is Cc1cc(-c2ccc3c(oc4ccccc43)c2Nc2ccc3c(c2)C(C)(C)CCC3(C)C)c2c(c1)N1c3ccccc3C(C)(C)c3cccc(c31)[B]2. The van der Waals surface area contributed by atoms with Crippen LogP contribution in [0.15, 0.2) is 114 Å². The summed E-state index contributed by atoms with van der Waals surface area (Å²) in [6, 6.07) is 40.5. The summed E-state index contributed by atoms with van der Waals surface area (Å²) in [5, 5.41) is 6.24. The van der Waals surface area contributed by atoms with Crippen molar-refractivity contribution in [1.82, 2.24) is 0 Å². The summed E-state index contributed by atoms with van der Waals surface area (Å²) in [7, 11) is 2.42. The molecule has 3 nitrogen and oxygen atoms in total. The van der Waals surface area contributed by atoms with Crippen LogP contribution >= 0.6 is 0 Å². The maximum Gasteiger partial charge on any atom is 0.197 e. The van der Waals surface area contributed by atoms with Gasteiger partial charge in [0.1, 0.15) is 5.58 Å². The van der Waals surface area contributed by atoms with Crippen LogP contribution in [-0.4, -0.2) is 7.28 Å². The molecule has 2 aliphatic heterocycles. The molecule has 4 heteroatoms. The molecule has 0 saturated heterocycles. The van der Waals surface area contributed by atoms with Crippen molar-refractivity contribution in [3.05, 3.63) is 137 Å². The predicted molar refractivity (Wildman–Crippen MR) is 221 cm³/mol. The lowest BCUT2D eigenvalue weighted by atomic mass is 9.56. The van der Waals surface area contributed by atoms with Gasteiger partial charge in [0, 0.05) is 38.8 Å². The first-order chi connectivity index (χ1) is 24.9. The summed E-state index contributed by atoms with van der Waals surface area (Å²) < 4.78 is 6.79. The molecule has 1 aliphatic carbocycles. The number of rotatable bonds is 3. The molecule has 0 atom stereocenters. The molecular formula is C48H44BN2O. The number of anilines is 5. The van der Waals surface area contributed by atoms with E-state index in [-0.39, 0.29) is 16.2 Å². The van der Waals surface area contributed by atoms with Gasteiger partial charge in [-0.2, -0.15) is 0 Å². The topological polar surface area (TPSA) is 28.4 Å². The highest BCUT2D eigenvalue weighted by atomic mass is 16.3. The highest BCUT2D eigenvalue weighted by Gasteiger charge is 2.41. The maximum absolute atomic E-state index is 6.79. The van der Waals surface area contributed by atoms with Gasteiger partial charge < -0.3 is 14.6 Å². The van der Waals surface area contributed by atoms with Crippen LogP contribution in [-0.2, 0) is 16.2 Å². The van der Waals surface area contributed by atoms with Gasteiger partial charge in [-0.05, 0) is 106 Å². The molecule has 0 fully saturated rings. The molecule has 10 rings (SSSR count). The third-order valence-corrected chi connectivity index (χ3v) is 12.6. The third-order valence-electron chi connectivity index (χ3n) is 12.6. The second-order valence-electron chi connectivity index (χ2n) is 17.2. The fraction of sp³-hybridized carbons (Fsp3) is 0.250. The van der Waals surface area contributed by atoms with Gasteiger partial charge in [-0.15, -0.1) is 0 Å². The Kier molecular flexibility index (Phi) is 6.46. The average Bonchev–Trinajstić information content (AvgIpc) is 3.51. The van der Waals surface area contributed by atoms with E-state index in [1.807, 2.05) is 0 Å². The van der Waals surface area contributed by atoms with Crippen LogP contribution in [0.5, 0.6) is 0 Å². The summed E-state index contributed by atoms with van der Waals surface area (Å²) in [6.45, 7) is 16.5. The van der Waals surface area contributed by atoms with Crippen LogP contribution < -0.4 is 21.1 Å². The second-order valence-corrected chi connectivity index (χ2v) is 17.2. The molecule has 6 aromatic carbocycles. The summed E-state index contributed by atoms with van der Waals surface area (Å²) in [4.78, 5) is 2.53. The van der Waals surface area contributed by atoms with Crippen LogP contribution in [0.4, 0.5) is 28.4 Å². The number of furan rings is 1. The fourth-order valence-corrected chi connectivity index (χ4v) is 9.59. The second kappa shape index (κ2) is 10.7. The molecule has 0 unspecified atom stereocenters. The first kappa shape index (κ1) is 31.5. The largest absolute Gasteiger partial charge is 0.454 e. The first-order valence-electron chi connectivity index (χ1n) is 18.8. The van der Waals surface area contributed by atoms with E-state index in [0.717, 1.165) is 38.9 Å². The Morgan fingerprint density at radius 3 is 2.23 bits per heavy atom. The number of nitrogens with zero attached hydrogens (tertiary/aromatic N) is 1. The van der Waals surface area contributed by atoms with Crippen molar-refractivity contribution in [2.45, 2.75) is 77.6 Å². The van der Waals surface area contributed by atoms with Gasteiger partial charge in [0.25, 0.3) is 0 Å². The molecule has 0 spiro atoms. The molecule has 0 saturated carbocycles. The molecular weight excluding hydrogens is 631 g/mol. The summed E-state index contributed by atoms with van der Waals surface area (Å²) in [6.07, 6.45) is 2.37. The fourth-order valence-electron chi connectivity index (χ4n) is 9.59. The Hall–Kier alpha value is -5.22. The van der Waals surface area contributed by atoms with Crippen molar-refractivity contribution >= 4 is 68.6 Å². The highest BCUT2D eigenvalue weighted by molar-refractivity contribution is 6.73. The van der Waals surface area contributed by atoms with Crippen LogP contribution in [0.3, 0.4) is 0 Å². The maximum atomic E-state index is 6.79. The Morgan fingerprint density at radius 2 is 1.38 bits per heavy atom. The average molecular weight is 676 g/mol. The van der Waals surface area contributed by atoms with Crippen molar-refractivity contribution in [3.8, 4) is 11.1 Å². The quantitative estimate of drug-likeness (QED) is 0.189. The van der Waals surface area contributed by atoms with E-state index in [2.05, 4.69) is 175 Å². The van der Waals surface area contributed by atoms with Crippen molar-refractivity contribution < 1.29 is 4.42 Å². The number of hydrogen-bond acceptors (Lipinski definition) is 3. The van der Waals surface area contributed by atoms with E-state index in [1.165, 1.54) is 74.2 Å². The van der Waals surface area contributed by atoms with Gasteiger partial charge in [-0.1, -0.05) is 120 Å². The molecule has 1 N–H and O–H groups in total. The lowest BCUT2D eigenvalue weighted by Gasteiger charge is -2.46. The van der Waals surface area contributed by atoms with E-state index in [0.29, 0.717) is 0 Å². The number of benzene rings is 6. The van der Waals surface area contributed by atoms with Crippen LogP contribution in [0, 0.1) is 6.92 Å². The third kappa shape index (κ3) is 4.39. The monoisotopic (exact) mass is 675 g/mol. The number of nitrogens with one attached hydrogen (secondary N) is 1. The van der Waals surface area contributed by atoms with Crippen molar-refractivity contribution in [1.29, 1.82) is 0 Å². The van der Waals surface area contributed by atoms with E-state index >= 15 is 0 Å². The van der Waals surface area contributed by atoms with Gasteiger partial charge in [0.15, 0.2) is 12.9 Å².